The van der Waals surface area contributed by atoms with Crippen molar-refractivity contribution in [2.45, 2.75) is 6.92 Å². The summed E-state index contributed by atoms with van der Waals surface area (Å²) in [6, 6.07) is 10.0. The third-order valence-electron chi connectivity index (χ3n) is 3.23. The highest BCUT2D eigenvalue weighted by molar-refractivity contribution is 6.34. The third kappa shape index (κ3) is 2.20. The molecule has 0 unspecified atom stereocenters. The van der Waals surface area contributed by atoms with Crippen LogP contribution in [-0.4, -0.2) is 22.9 Å². The van der Waals surface area contributed by atoms with Crippen LogP contribution >= 0.6 is 0 Å². The summed E-state index contributed by atoms with van der Waals surface area (Å²) in [7, 11) is 0. The van der Waals surface area contributed by atoms with Crippen LogP contribution in [-0.2, 0) is 4.79 Å². The van der Waals surface area contributed by atoms with Gasteiger partial charge in [0.25, 0.3) is 11.8 Å². The monoisotopic (exact) mass is 297 g/mol. The highest BCUT2D eigenvalue weighted by atomic mass is 16.5. The van der Waals surface area contributed by atoms with Crippen molar-refractivity contribution >= 4 is 23.5 Å². The Morgan fingerprint density at radius 2 is 1.64 bits per heavy atom. The molecule has 110 valence electrons. The smallest absolute Gasteiger partial charge is 0.308 e. The van der Waals surface area contributed by atoms with Gasteiger partial charge in [0.1, 0.15) is 11.5 Å². The second-order valence-electron chi connectivity index (χ2n) is 4.76. The maximum atomic E-state index is 12.4. The van der Waals surface area contributed by atoms with Gasteiger partial charge in [0.05, 0.1) is 16.8 Å². The number of carbonyl (C=O) groups excluding carboxylic acids is 3. The lowest BCUT2D eigenvalue weighted by atomic mass is 10.1. The van der Waals surface area contributed by atoms with Gasteiger partial charge in [0.15, 0.2) is 0 Å². The van der Waals surface area contributed by atoms with Crippen LogP contribution in [0.3, 0.4) is 0 Å². The second kappa shape index (κ2) is 5.00. The van der Waals surface area contributed by atoms with E-state index in [2.05, 4.69) is 0 Å². The molecule has 0 atom stereocenters. The Morgan fingerprint density at radius 3 is 2.27 bits per heavy atom. The van der Waals surface area contributed by atoms with E-state index >= 15 is 0 Å². The zero-order valence-corrected chi connectivity index (χ0v) is 11.6. The first-order valence-corrected chi connectivity index (χ1v) is 6.47. The van der Waals surface area contributed by atoms with Crippen LogP contribution in [0.25, 0.3) is 0 Å². The highest BCUT2D eigenvalue weighted by Gasteiger charge is 2.37. The Morgan fingerprint density at radius 1 is 1.00 bits per heavy atom. The predicted octanol–water partition coefficient (Wildman–Crippen LogP) is 2.12. The second-order valence-corrected chi connectivity index (χ2v) is 4.76. The Hall–Kier alpha value is -3.15. The molecule has 6 nitrogen and oxygen atoms in total. The summed E-state index contributed by atoms with van der Waals surface area (Å²) in [6.45, 7) is 1.25. The molecule has 2 aromatic rings. The van der Waals surface area contributed by atoms with E-state index in [0.29, 0.717) is 5.69 Å². The van der Waals surface area contributed by atoms with Gasteiger partial charge in [-0.15, -0.1) is 0 Å². The first-order valence-electron chi connectivity index (χ1n) is 6.47. The van der Waals surface area contributed by atoms with Gasteiger partial charge in [0.2, 0.25) is 0 Å². The number of ether oxygens (including phenoxy) is 1. The number of rotatable bonds is 2. The molecule has 0 radical (unpaired) electrons. The van der Waals surface area contributed by atoms with Gasteiger partial charge in [-0.25, -0.2) is 4.90 Å². The largest absolute Gasteiger partial charge is 0.508 e. The minimum Gasteiger partial charge on any atom is -0.508 e. The number of amides is 2. The lowest BCUT2D eigenvalue weighted by Crippen LogP contribution is -2.29. The van der Waals surface area contributed by atoms with Gasteiger partial charge in [-0.3, -0.25) is 14.4 Å². The first kappa shape index (κ1) is 13.8. The minimum absolute atomic E-state index is 0.0394. The van der Waals surface area contributed by atoms with Crippen LogP contribution in [0.1, 0.15) is 27.6 Å². The normalized spacial score (nSPS) is 13.2. The summed E-state index contributed by atoms with van der Waals surface area (Å²) < 4.78 is 4.93. The van der Waals surface area contributed by atoms with E-state index in [-0.39, 0.29) is 22.6 Å². The van der Waals surface area contributed by atoms with E-state index in [4.69, 9.17) is 4.74 Å². The van der Waals surface area contributed by atoms with Crippen LogP contribution in [0.5, 0.6) is 11.5 Å². The highest BCUT2D eigenvalue weighted by Crippen LogP contribution is 2.31. The Balaban J connectivity index is 2.01. The lowest BCUT2D eigenvalue weighted by molar-refractivity contribution is -0.131. The van der Waals surface area contributed by atoms with Crippen LogP contribution in [0.15, 0.2) is 42.5 Å². The molecule has 2 aromatic carbocycles. The molecule has 0 aliphatic carbocycles. The van der Waals surface area contributed by atoms with Gasteiger partial charge in [-0.2, -0.15) is 0 Å². The number of nitrogens with zero attached hydrogens (tertiary/aromatic N) is 1. The summed E-state index contributed by atoms with van der Waals surface area (Å²) in [4.78, 5) is 36.8. The third-order valence-corrected chi connectivity index (χ3v) is 3.23. The van der Waals surface area contributed by atoms with Gasteiger partial charge in [0, 0.05) is 6.92 Å². The Bertz CT molecular complexity index is 795. The minimum atomic E-state index is -0.507. The first-order chi connectivity index (χ1) is 10.5. The van der Waals surface area contributed by atoms with Crippen molar-refractivity contribution < 1.29 is 24.2 Å². The van der Waals surface area contributed by atoms with Crippen LogP contribution in [0, 0.1) is 0 Å². The molecule has 1 N–H and O–H groups in total. The van der Waals surface area contributed by atoms with Crippen molar-refractivity contribution in [3.8, 4) is 11.5 Å². The molecule has 0 saturated carbocycles. The number of anilines is 1. The van der Waals surface area contributed by atoms with E-state index in [1.807, 2.05) is 0 Å². The van der Waals surface area contributed by atoms with Gasteiger partial charge < -0.3 is 9.84 Å². The predicted molar refractivity (Wildman–Crippen MR) is 77.0 cm³/mol. The molecule has 1 aliphatic rings. The number of benzene rings is 2. The molecule has 0 aromatic heterocycles. The number of esters is 1. The number of carbonyl (C=O) groups is 3. The van der Waals surface area contributed by atoms with Gasteiger partial charge >= 0.3 is 5.97 Å². The van der Waals surface area contributed by atoms with Crippen molar-refractivity contribution in [1.29, 1.82) is 0 Å². The Labute approximate surface area is 125 Å². The molecule has 0 fully saturated rings. The van der Waals surface area contributed by atoms with Crippen LogP contribution in [0.2, 0.25) is 0 Å². The molecular weight excluding hydrogens is 286 g/mol. The molecule has 3 rings (SSSR count). The number of aromatic hydroxyl groups is 1. The average Bonchev–Trinajstić information content (AvgIpc) is 2.71. The van der Waals surface area contributed by atoms with Gasteiger partial charge in [-0.05, 0) is 42.5 Å². The van der Waals surface area contributed by atoms with E-state index < -0.39 is 17.8 Å². The Kier molecular flexibility index (Phi) is 3.14. The van der Waals surface area contributed by atoms with E-state index in [0.717, 1.165) is 4.90 Å². The molecule has 22 heavy (non-hydrogen) atoms. The fourth-order valence-corrected chi connectivity index (χ4v) is 2.29. The molecular formula is C16H11NO5. The van der Waals surface area contributed by atoms with E-state index in [1.54, 1.807) is 0 Å². The number of hydrogen-bond acceptors (Lipinski definition) is 5. The van der Waals surface area contributed by atoms with Crippen molar-refractivity contribution in [3.05, 3.63) is 53.6 Å². The molecule has 0 saturated heterocycles. The summed E-state index contributed by atoms with van der Waals surface area (Å²) >= 11 is 0. The molecule has 0 spiro atoms. The number of hydrogen-bond donors (Lipinski definition) is 1. The summed E-state index contributed by atoms with van der Waals surface area (Å²) in [6.07, 6.45) is 0. The quantitative estimate of drug-likeness (QED) is 0.521. The standard InChI is InChI=1S/C16H11NO5/c1-9(18)22-12-6-7-13-14(8-12)16(21)17(15(13)20)10-2-4-11(19)5-3-10/h2-8,19H,1H3. The SMILES string of the molecule is CC(=O)Oc1ccc2c(c1)C(=O)N(c1ccc(O)cc1)C2=O. The van der Waals surface area contributed by atoms with E-state index in [9.17, 15) is 19.5 Å². The molecule has 0 bridgehead atoms. The van der Waals surface area contributed by atoms with Gasteiger partial charge in [-0.1, -0.05) is 0 Å². The molecule has 6 heteroatoms. The summed E-state index contributed by atoms with van der Waals surface area (Å²) in [5.74, 6) is -1.22. The zero-order chi connectivity index (χ0) is 15.9. The zero-order valence-electron chi connectivity index (χ0n) is 11.6. The topological polar surface area (TPSA) is 83.9 Å². The van der Waals surface area contributed by atoms with Crippen molar-refractivity contribution in [1.82, 2.24) is 0 Å². The van der Waals surface area contributed by atoms with Crippen molar-refractivity contribution in [3.63, 3.8) is 0 Å². The lowest BCUT2D eigenvalue weighted by Gasteiger charge is -2.13. The van der Waals surface area contributed by atoms with Crippen molar-refractivity contribution in [2.75, 3.05) is 4.90 Å². The number of imide groups is 1. The number of fused-ring (bicyclic) bond motifs is 1. The fourth-order valence-electron chi connectivity index (χ4n) is 2.29. The summed E-state index contributed by atoms with van der Waals surface area (Å²) in [5, 5.41) is 9.29. The molecule has 1 heterocycles. The maximum absolute atomic E-state index is 12.4. The fraction of sp³-hybridized carbons (Fsp3) is 0.0625. The van der Waals surface area contributed by atoms with Crippen LogP contribution < -0.4 is 9.64 Å². The van der Waals surface area contributed by atoms with E-state index in [1.165, 1.54) is 49.4 Å². The molecule has 1 aliphatic heterocycles. The number of phenolic OH excluding ortho intramolecular Hbond substituents is 1. The number of phenols is 1. The average molecular weight is 297 g/mol. The molecule has 2 amide bonds. The maximum Gasteiger partial charge on any atom is 0.308 e. The summed E-state index contributed by atoms with van der Waals surface area (Å²) in [5.41, 5.74) is 0.781. The van der Waals surface area contributed by atoms with Crippen molar-refractivity contribution in [2.24, 2.45) is 0 Å². The van der Waals surface area contributed by atoms with Crippen LogP contribution in [0.4, 0.5) is 5.69 Å².